The molecule has 18 heavy (non-hydrogen) atoms. The average Bonchev–Trinajstić information content (AvgIpc) is 2.89. The fourth-order valence-electron chi connectivity index (χ4n) is 2.94. The Kier molecular flexibility index (Phi) is 4.46. The van der Waals surface area contributed by atoms with Crippen LogP contribution in [0.3, 0.4) is 0 Å². The van der Waals surface area contributed by atoms with Crippen LogP contribution in [0.25, 0.3) is 0 Å². The van der Waals surface area contributed by atoms with Gasteiger partial charge in [-0.15, -0.1) is 0 Å². The largest absolute Gasteiger partial charge is 0.466 e. The van der Waals surface area contributed by atoms with Crippen molar-refractivity contribution in [2.45, 2.75) is 65.0 Å². The molecule has 3 nitrogen and oxygen atoms in total. The molecule has 2 heterocycles. The van der Waals surface area contributed by atoms with E-state index in [1.165, 1.54) is 24.0 Å². The van der Waals surface area contributed by atoms with Crippen LogP contribution in [0.4, 0.5) is 0 Å². The van der Waals surface area contributed by atoms with Crippen LogP contribution in [0.5, 0.6) is 0 Å². The molecular formula is C15H25NO2. The molecule has 1 aromatic rings. The summed E-state index contributed by atoms with van der Waals surface area (Å²) in [7, 11) is 0. The van der Waals surface area contributed by atoms with Crippen LogP contribution in [0.15, 0.2) is 4.42 Å². The molecule has 1 aliphatic heterocycles. The molecule has 0 radical (unpaired) electrons. The van der Waals surface area contributed by atoms with Gasteiger partial charge in [0.05, 0.1) is 6.10 Å². The maximum absolute atomic E-state index is 6.29. The van der Waals surface area contributed by atoms with Gasteiger partial charge in [-0.1, -0.05) is 0 Å². The summed E-state index contributed by atoms with van der Waals surface area (Å²) in [6.07, 6.45) is 6.21. The second-order valence-corrected chi connectivity index (χ2v) is 5.43. The van der Waals surface area contributed by atoms with Crippen molar-refractivity contribution in [3.63, 3.8) is 0 Å². The Balaban J connectivity index is 1.85. The lowest BCUT2D eigenvalue weighted by Gasteiger charge is -2.14. The van der Waals surface area contributed by atoms with Crippen LogP contribution < -0.4 is 5.73 Å². The van der Waals surface area contributed by atoms with Gasteiger partial charge >= 0.3 is 0 Å². The molecule has 1 aromatic heterocycles. The molecule has 2 atom stereocenters. The third kappa shape index (κ3) is 2.96. The first kappa shape index (κ1) is 13.6. The molecule has 0 aliphatic carbocycles. The van der Waals surface area contributed by atoms with Crippen molar-refractivity contribution in [2.24, 2.45) is 5.73 Å². The van der Waals surface area contributed by atoms with Gasteiger partial charge in [0.2, 0.25) is 0 Å². The molecule has 2 N–H and O–H groups in total. The smallest absolute Gasteiger partial charge is 0.106 e. The summed E-state index contributed by atoms with van der Waals surface area (Å²) >= 11 is 0. The van der Waals surface area contributed by atoms with Gasteiger partial charge in [0.15, 0.2) is 0 Å². The predicted molar refractivity (Wildman–Crippen MR) is 72.7 cm³/mol. The molecule has 1 fully saturated rings. The summed E-state index contributed by atoms with van der Waals surface area (Å²) < 4.78 is 11.3. The second-order valence-electron chi connectivity index (χ2n) is 5.43. The number of hydrogen-bond acceptors (Lipinski definition) is 3. The molecular weight excluding hydrogens is 226 g/mol. The van der Waals surface area contributed by atoms with E-state index in [1.807, 2.05) is 13.8 Å². The first-order valence-corrected chi connectivity index (χ1v) is 7.03. The third-order valence-electron chi connectivity index (χ3n) is 4.05. The quantitative estimate of drug-likeness (QED) is 0.870. The van der Waals surface area contributed by atoms with Gasteiger partial charge < -0.3 is 14.9 Å². The van der Waals surface area contributed by atoms with Crippen molar-refractivity contribution < 1.29 is 9.15 Å². The number of rotatable bonds is 5. The van der Waals surface area contributed by atoms with Gasteiger partial charge in [-0.3, -0.25) is 0 Å². The minimum absolute atomic E-state index is 0.101. The van der Waals surface area contributed by atoms with Gasteiger partial charge in [0.25, 0.3) is 0 Å². The minimum Gasteiger partial charge on any atom is -0.466 e. The van der Waals surface area contributed by atoms with Gasteiger partial charge in [-0.2, -0.15) is 0 Å². The van der Waals surface area contributed by atoms with E-state index in [4.69, 9.17) is 14.9 Å². The number of furan rings is 1. The van der Waals surface area contributed by atoms with Crippen LogP contribution in [-0.2, 0) is 4.74 Å². The zero-order valence-corrected chi connectivity index (χ0v) is 11.8. The van der Waals surface area contributed by atoms with Gasteiger partial charge in [0.1, 0.15) is 11.5 Å². The Morgan fingerprint density at radius 1 is 1.28 bits per heavy atom. The number of hydrogen-bond donors (Lipinski definition) is 1. The summed E-state index contributed by atoms with van der Waals surface area (Å²) in [5, 5.41) is 0. The Bertz CT molecular complexity index is 391. The topological polar surface area (TPSA) is 48.4 Å². The molecule has 0 bridgehead atoms. The SMILES string of the molecule is Cc1oc(C)c(C(N)CCCC2CCCO2)c1C. The fraction of sp³-hybridized carbons (Fsp3) is 0.733. The molecule has 0 aromatic carbocycles. The minimum atomic E-state index is 0.101. The highest BCUT2D eigenvalue weighted by molar-refractivity contribution is 5.33. The van der Waals surface area contributed by atoms with E-state index in [2.05, 4.69) is 6.92 Å². The number of aryl methyl sites for hydroxylation is 2. The lowest BCUT2D eigenvalue weighted by molar-refractivity contribution is 0.101. The second kappa shape index (κ2) is 5.89. The summed E-state index contributed by atoms with van der Waals surface area (Å²) in [5.41, 5.74) is 8.72. The van der Waals surface area contributed by atoms with Gasteiger partial charge in [-0.05, 0) is 58.4 Å². The van der Waals surface area contributed by atoms with Crippen molar-refractivity contribution in [1.82, 2.24) is 0 Å². The maximum Gasteiger partial charge on any atom is 0.106 e. The van der Waals surface area contributed by atoms with Gasteiger partial charge in [0, 0.05) is 18.2 Å². The number of ether oxygens (including phenoxy) is 1. The maximum atomic E-state index is 6.29. The normalized spacial score (nSPS) is 21.4. The summed E-state index contributed by atoms with van der Waals surface area (Å²) in [4.78, 5) is 0. The Hall–Kier alpha value is -0.800. The predicted octanol–water partition coefficient (Wildman–Crippen LogP) is 3.55. The van der Waals surface area contributed by atoms with Crippen LogP contribution in [-0.4, -0.2) is 12.7 Å². The highest BCUT2D eigenvalue weighted by atomic mass is 16.5. The first-order valence-electron chi connectivity index (χ1n) is 7.03. The van der Waals surface area contributed by atoms with E-state index >= 15 is 0 Å². The molecule has 1 saturated heterocycles. The first-order chi connectivity index (χ1) is 8.59. The van der Waals surface area contributed by atoms with E-state index in [-0.39, 0.29) is 6.04 Å². The molecule has 0 saturated carbocycles. The lowest BCUT2D eigenvalue weighted by atomic mass is 9.97. The molecule has 0 spiro atoms. The Morgan fingerprint density at radius 3 is 2.61 bits per heavy atom. The van der Waals surface area contributed by atoms with Crippen molar-refractivity contribution in [1.29, 1.82) is 0 Å². The van der Waals surface area contributed by atoms with Crippen molar-refractivity contribution >= 4 is 0 Å². The summed E-state index contributed by atoms with van der Waals surface area (Å²) in [5.74, 6) is 1.98. The third-order valence-corrected chi connectivity index (χ3v) is 4.05. The summed E-state index contributed by atoms with van der Waals surface area (Å²) in [6.45, 7) is 7.05. The summed E-state index contributed by atoms with van der Waals surface area (Å²) in [6, 6.07) is 0.101. The van der Waals surface area contributed by atoms with Crippen molar-refractivity contribution in [3.05, 3.63) is 22.6 Å². The molecule has 102 valence electrons. The van der Waals surface area contributed by atoms with E-state index in [0.29, 0.717) is 6.10 Å². The van der Waals surface area contributed by atoms with Crippen molar-refractivity contribution in [3.8, 4) is 0 Å². The molecule has 3 heteroatoms. The highest BCUT2D eigenvalue weighted by Crippen LogP contribution is 2.29. The lowest BCUT2D eigenvalue weighted by Crippen LogP contribution is -2.13. The standard InChI is InChI=1S/C15H25NO2/c1-10-11(2)18-12(3)15(10)14(16)8-4-6-13-7-5-9-17-13/h13-14H,4-9,16H2,1-3H3. The highest BCUT2D eigenvalue weighted by Gasteiger charge is 2.19. The monoisotopic (exact) mass is 251 g/mol. The van der Waals surface area contributed by atoms with Crippen LogP contribution in [0, 0.1) is 20.8 Å². The van der Waals surface area contributed by atoms with Gasteiger partial charge in [-0.25, -0.2) is 0 Å². The van der Waals surface area contributed by atoms with E-state index in [0.717, 1.165) is 37.4 Å². The van der Waals surface area contributed by atoms with Crippen molar-refractivity contribution in [2.75, 3.05) is 6.61 Å². The molecule has 2 unspecified atom stereocenters. The number of nitrogens with two attached hydrogens (primary N) is 1. The molecule has 1 aliphatic rings. The van der Waals surface area contributed by atoms with Crippen LogP contribution in [0.1, 0.15) is 60.8 Å². The van der Waals surface area contributed by atoms with Crippen LogP contribution >= 0.6 is 0 Å². The zero-order valence-electron chi connectivity index (χ0n) is 11.8. The average molecular weight is 251 g/mol. The zero-order chi connectivity index (χ0) is 13.1. The van der Waals surface area contributed by atoms with E-state index in [9.17, 15) is 0 Å². The molecule has 2 rings (SSSR count). The Labute approximate surface area is 110 Å². The Morgan fingerprint density at radius 2 is 2.06 bits per heavy atom. The fourth-order valence-corrected chi connectivity index (χ4v) is 2.94. The van der Waals surface area contributed by atoms with E-state index in [1.54, 1.807) is 0 Å². The molecule has 0 amide bonds. The van der Waals surface area contributed by atoms with E-state index < -0.39 is 0 Å². The van der Waals surface area contributed by atoms with Crippen LogP contribution in [0.2, 0.25) is 0 Å².